The van der Waals surface area contributed by atoms with Crippen molar-refractivity contribution in [2.75, 3.05) is 25.5 Å². The zero-order chi connectivity index (χ0) is 26.7. The van der Waals surface area contributed by atoms with Gasteiger partial charge in [0, 0.05) is 31.8 Å². The van der Waals surface area contributed by atoms with Crippen LogP contribution in [0.15, 0.2) is 42.9 Å². The lowest BCUT2D eigenvalue weighted by atomic mass is 9.87. The van der Waals surface area contributed by atoms with E-state index in [1.54, 1.807) is 0 Å². The van der Waals surface area contributed by atoms with E-state index in [2.05, 4.69) is 20.6 Å². The molecule has 3 rings (SSSR count). The minimum atomic E-state index is -4.67. The summed E-state index contributed by atoms with van der Waals surface area (Å²) in [6.45, 7) is 0.430. The lowest BCUT2D eigenvalue weighted by Gasteiger charge is -2.43. The first-order valence-electron chi connectivity index (χ1n) is 10.9. The molecule has 2 heterocycles. The number of piperidine rings is 1. The first kappa shape index (κ1) is 27.0. The van der Waals surface area contributed by atoms with Gasteiger partial charge >= 0.3 is 6.18 Å². The Kier molecular flexibility index (Phi) is 7.89. The van der Waals surface area contributed by atoms with Crippen molar-refractivity contribution in [3.8, 4) is 0 Å². The molecule has 2 aromatic rings. The Morgan fingerprint density at radius 2 is 2.00 bits per heavy atom. The van der Waals surface area contributed by atoms with Crippen molar-refractivity contribution in [2.45, 2.75) is 31.5 Å². The number of amides is 1. The van der Waals surface area contributed by atoms with Crippen LogP contribution >= 0.6 is 0 Å². The Morgan fingerprint density at radius 3 is 2.58 bits per heavy atom. The molecule has 1 aromatic carbocycles. The second kappa shape index (κ2) is 10.5. The second-order valence-electron chi connectivity index (χ2n) is 8.44. The normalized spacial score (nSPS) is 20.1. The number of carbonyl (C=O) groups excluding carboxylic acids is 1. The molecule has 1 fully saturated rings. The van der Waals surface area contributed by atoms with Crippen LogP contribution in [0, 0.1) is 17.1 Å². The van der Waals surface area contributed by atoms with Crippen LogP contribution in [0.1, 0.15) is 24.6 Å². The summed E-state index contributed by atoms with van der Waals surface area (Å²) >= 11 is 0. The third-order valence-electron chi connectivity index (χ3n) is 5.68. The van der Waals surface area contributed by atoms with Gasteiger partial charge < -0.3 is 15.5 Å². The van der Waals surface area contributed by atoms with E-state index in [0.717, 1.165) is 17.2 Å². The minimum Gasteiger partial charge on any atom is -0.393 e. The van der Waals surface area contributed by atoms with Crippen molar-refractivity contribution in [1.82, 2.24) is 20.2 Å². The molecule has 1 amide bonds. The summed E-state index contributed by atoms with van der Waals surface area (Å²) in [5, 5.41) is 13.9. The third kappa shape index (κ3) is 6.32. The van der Waals surface area contributed by atoms with Crippen molar-refractivity contribution in [3.05, 3.63) is 59.9 Å². The number of carbonyl (C=O) groups is 1. The quantitative estimate of drug-likeness (QED) is 0.381. The van der Waals surface area contributed by atoms with Crippen LogP contribution < -0.4 is 10.6 Å². The number of anilines is 1. The summed E-state index contributed by atoms with van der Waals surface area (Å²) in [6.07, 6.45) is -2.51. The Balaban J connectivity index is 1.84. The van der Waals surface area contributed by atoms with Crippen molar-refractivity contribution in [2.24, 2.45) is 5.92 Å². The van der Waals surface area contributed by atoms with Crippen LogP contribution in [0.25, 0.3) is 5.57 Å². The van der Waals surface area contributed by atoms with Crippen LogP contribution in [-0.2, 0) is 11.0 Å². The highest BCUT2D eigenvalue weighted by Gasteiger charge is 2.46. The number of hydrogen-bond acceptors (Lipinski definition) is 6. The van der Waals surface area contributed by atoms with Gasteiger partial charge in [0.05, 0.1) is 25.0 Å². The molecular formula is C23H24F6N6O. The number of alkyl halides is 5. The standard InChI is InChI=1S/C23H24F6N6O/c1-13-7-22(25,26)12-35(17(13)9-33-19-11-32-18(10-34-19)23(27,28)29)21(36)20(30)16(8-31-2)14-4-3-5-15(24)6-14/h3-6,8,10-11,13,17,30-31H,7,9,12H2,1-2H3,(H,33,34)/b16-8-,30-20?/t13-,17?/m1/s1. The van der Waals surface area contributed by atoms with Gasteiger partial charge in [-0.3, -0.25) is 10.2 Å². The fourth-order valence-corrected chi connectivity index (χ4v) is 4.01. The molecule has 0 bridgehead atoms. The summed E-state index contributed by atoms with van der Waals surface area (Å²) < 4.78 is 80.8. The molecule has 1 aliphatic rings. The molecule has 36 heavy (non-hydrogen) atoms. The highest BCUT2D eigenvalue weighted by atomic mass is 19.4. The van der Waals surface area contributed by atoms with Gasteiger partial charge in [-0.2, -0.15) is 13.2 Å². The predicted molar refractivity (Wildman–Crippen MR) is 121 cm³/mol. The summed E-state index contributed by atoms with van der Waals surface area (Å²) in [6, 6.07) is 4.32. The first-order valence-corrected chi connectivity index (χ1v) is 10.9. The number of hydrogen-bond donors (Lipinski definition) is 3. The number of rotatable bonds is 7. The summed E-state index contributed by atoms with van der Waals surface area (Å²) in [5.41, 5.74) is -1.61. The van der Waals surface area contributed by atoms with E-state index in [4.69, 9.17) is 5.41 Å². The SMILES string of the molecule is CN/C=C(\C(=N)C(=O)N1CC(F)(F)C[C@@H](C)C1CNc1cnc(C(F)(F)F)cn1)c1cccc(F)c1. The van der Waals surface area contributed by atoms with Crippen LogP contribution in [0.5, 0.6) is 0 Å². The lowest BCUT2D eigenvalue weighted by Crippen LogP contribution is -2.58. The van der Waals surface area contributed by atoms with Gasteiger partial charge in [-0.1, -0.05) is 19.1 Å². The topological polar surface area (TPSA) is 94.0 Å². The first-order chi connectivity index (χ1) is 16.8. The zero-order valence-corrected chi connectivity index (χ0v) is 19.3. The van der Waals surface area contributed by atoms with E-state index in [1.807, 2.05) is 0 Å². The summed E-state index contributed by atoms with van der Waals surface area (Å²) in [4.78, 5) is 21.1. The highest BCUT2D eigenvalue weighted by Crippen LogP contribution is 2.35. The Hall–Kier alpha value is -3.64. The number of nitrogens with zero attached hydrogens (tertiary/aromatic N) is 3. The van der Waals surface area contributed by atoms with E-state index >= 15 is 0 Å². The average Bonchev–Trinajstić information content (AvgIpc) is 2.80. The van der Waals surface area contributed by atoms with Gasteiger partial charge in [0.1, 0.15) is 17.3 Å². The Morgan fingerprint density at radius 1 is 1.28 bits per heavy atom. The van der Waals surface area contributed by atoms with Gasteiger partial charge in [0.15, 0.2) is 5.69 Å². The highest BCUT2D eigenvalue weighted by molar-refractivity contribution is 6.54. The maximum Gasteiger partial charge on any atom is 0.434 e. The zero-order valence-electron chi connectivity index (χ0n) is 19.3. The van der Waals surface area contributed by atoms with Crippen LogP contribution in [-0.4, -0.2) is 58.6 Å². The monoisotopic (exact) mass is 514 g/mol. The molecule has 3 N–H and O–H groups in total. The largest absolute Gasteiger partial charge is 0.434 e. The lowest BCUT2D eigenvalue weighted by molar-refractivity contribution is -0.145. The molecule has 1 aromatic heterocycles. The molecule has 194 valence electrons. The van der Waals surface area contributed by atoms with E-state index in [-0.39, 0.29) is 23.5 Å². The van der Waals surface area contributed by atoms with Gasteiger partial charge in [-0.25, -0.2) is 23.1 Å². The van der Waals surface area contributed by atoms with E-state index in [9.17, 15) is 31.1 Å². The summed E-state index contributed by atoms with van der Waals surface area (Å²) in [7, 11) is 1.51. The molecule has 0 spiro atoms. The molecule has 1 unspecified atom stereocenters. The molecule has 0 aliphatic carbocycles. The van der Waals surface area contributed by atoms with Crippen molar-refractivity contribution >= 4 is 23.0 Å². The van der Waals surface area contributed by atoms with Crippen LogP contribution in [0.3, 0.4) is 0 Å². The van der Waals surface area contributed by atoms with Crippen molar-refractivity contribution in [1.29, 1.82) is 5.41 Å². The fraction of sp³-hybridized carbons (Fsp3) is 0.391. The van der Waals surface area contributed by atoms with Gasteiger partial charge in [0.25, 0.3) is 11.8 Å². The fourth-order valence-electron chi connectivity index (χ4n) is 4.01. The number of aromatic nitrogens is 2. The smallest absolute Gasteiger partial charge is 0.393 e. The van der Waals surface area contributed by atoms with E-state index in [1.165, 1.54) is 38.4 Å². The molecule has 7 nitrogen and oxygen atoms in total. The van der Waals surface area contributed by atoms with Gasteiger partial charge in [0.2, 0.25) is 0 Å². The second-order valence-corrected chi connectivity index (χ2v) is 8.44. The van der Waals surface area contributed by atoms with Crippen LogP contribution in [0.4, 0.5) is 32.2 Å². The Labute approximate surface area is 203 Å². The predicted octanol–water partition coefficient (Wildman–Crippen LogP) is 4.20. The van der Waals surface area contributed by atoms with Crippen LogP contribution in [0.2, 0.25) is 0 Å². The van der Waals surface area contributed by atoms with Gasteiger partial charge in [-0.05, 0) is 23.6 Å². The molecule has 1 saturated heterocycles. The molecular weight excluding hydrogens is 490 g/mol. The molecule has 1 aliphatic heterocycles. The average molecular weight is 514 g/mol. The number of benzene rings is 1. The number of nitrogens with one attached hydrogen (secondary N) is 3. The third-order valence-corrected chi connectivity index (χ3v) is 5.68. The molecule has 0 saturated carbocycles. The van der Waals surface area contributed by atoms with E-state index in [0.29, 0.717) is 6.20 Å². The Bertz CT molecular complexity index is 1130. The molecule has 13 heteroatoms. The van der Waals surface area contributed by atoms with Gasteiger partial charge in [-0.15, -0.1) is 0 Å². The van der Waals surface area contributed by atoms with E-state index < -0.39 is 60.2 Å². The molecule has 2 atom stereocenters. The summed E-state index contributed by atoms with van der Waals surface area (Å²) in [5.74, 6) is -5.59. The number of likely N-dealkylation sites (tertiary alicyclic amines) is 1. The minimum absolute atomic E-state index is 0.00357. The maximum absolute atomic E-state index is 14.5. The van der Waals surface area contributed by atoms with Crippen molar-refractivity contribution in [3.63, 3.8) is 0 Å². The molecule has 0 radical (unpaired) electrons. The van der Waals surface area contributed by atoms with Crippen molar-refractivity contribution < 1.29 is 31.1 Å². The number of halogens is 6. The maximum atomic E-state index is 14.5.